The van der Waals surface area contributed by atoms with Gasteiger partial charge in [0.1, 0.15) is 11.3 Å². The van der Waals surface area contributed by atoms with Gasteiger partial charge < -0.3 is 4.74 Å². The fourth-order valence-corrected chi connectivity index (χ4v) is 2.52. The molecule has 1 aromatic carbocycles. The highest BCUT2D eigenvalue weighted by molar-refractivity contribution is 5.35. The summed E-state index contributed by atoms with van der Waals surface area (Å²) in [6, 6.07) is 10.4. The third-order valence-corrected chi connectivity index (χ3v) is 3.68. The summed E-state index contributed by atoms with van der Waals surface area (Å²) in [5, 5.41) is 9.55. The molecule has 1 aromatic rings. The zero-order chi connectivity index (χ0) is 13.0. The van der Waals surface area contributed by atoms with Crippen molar-refractivity contribution in [1.29, 1.82) is 5.26 Å². The Kier molecular flexibility index (Phi) is 3.88. The highest BCUT2D eigenvalue weighted by Gasteiger charge is 2.35. The Hall–Kier alpha value is -1.53. The SMILES string of the molecule is CCOc1ccc(C(C)(C#N)N2CCCC2)cc1. The molecule has 2 rings (SSSR count). The van der Waals surface area contributed by atoms with Gasteiger partial charge in [-0.2, -0.15) is 5.26 Å². The van der Waals surface area contributed by atoms with Gasteiger partial charge in [0.05, 0.1) is 12.7 Å². The molecule has 1 fully saturated rings. The molecular weight excluding hydrogens is 224 g/mol. The molecule has 0 spiro atoms. The molecule has 1 heterocycles. The molecule has 96 valence electrons. The highest BCUT2D eigenvalue weighted by Crippen LogP contribution is 2.31. The molecule has 0 radical (unpaired) electrons. The van der Waals surface area contributed by atoms with Crippen LogP contribution in [0.5, 0.6) is 5.75 Å². The first-order valence-electron chi connectivity index (χ1n) is 6.60. The van der Waals surface area contributed by atoms with Gasteiger partial charge in [-0.15, -0.1) is 0 Å². The largest absolute Gasteiger partial charge is 0.494 e. The van der Waals surface area contributed by atoms with Crippen LogP contribution in [0.1, 0.15) is 32.3 Å². The smallest absolute Gasteiger partial charge is 0.131 e. The number of nitriles is 1. The van der Waals surface area contributed by atoms with E-state index in [1.54, 1.807) is 0 Å². The van der Waals surface area contributed by atoms with Gasteiger partial charge in [-0.3, -0.25) is 4.90 Å². The molecule has 18 heavy (non-hydrogen) atoms. The Labute approximate surface area is 109 Å². The Morgan fingerprint density at radius 3 is 2.39 bits per heavy atom. The van der Waals surface area contributed by atoms with E-state index in [1.165, 1.54) is 12.8 Å². The zero-order valence-corrected chi connectivity index (χ0v) is 11.1. The molecule has 0 amide bonds. The predicted molar refractivity (Wildman–Crippen MR) is 71.4 cm³/mol. The Morgan fingerprint density at radius 1 is 1.28 bits per heavy atom. The molecular formula is C15H20N2O. The van der Waals surface area contributed by atoms with Gasteiger partial charge in [-0.25, -0.2) is 0 Å². The molecule has 1 aliphatic rings. The Morgan fingerprint density at radius 2 is 1.89 bits per heavy atom. The summed E-state index contributed by atoms with van der Waals surface area (Å²) in [6.07, 6.45) is 2.38. The van der Waals surface area contributed by atoms with E-state index in [0.29, 0.717) is 6.61 Å². The van der Waals surface area contributed by atoms with Gasteiger partial charge in [-0.1, -0.05) is 12.1 Å². The van der Waals surface area contributed by atoms with E-state index in [0.717, 1.165) is 24.4 Å². The lowest BCUT2D eigenvalue weighted by Crippen LogP contribution is -2.40. The van der Waals surface area contributed by atoms with Crippen molar-refractivity contribution in [2.24, 2.45) is 0 Å². The normalized spacial score (nSPS) is 19.2. The molecule has 1 aliphatic heterocycles. The zero-order valence-electron chi connectivity index (χ0n) is 11.1. The summed E-state index contributed by atoms with van der Waals surface area (Å²) in [5.41, 5.74) is 0.539. The highest BCUT2D eigenvalue weighted by atomic mass is 16.5. The summed E-state index contributed by atoms with van der Waals surface area (Å²) >= 11 is 0. The minimum Gasteiger partial charge on any atom is -0.494 e. The van der Waals surface area contributed by atoms with Crippen molar-refractivity contribution in [3.05, 3.63) is 29.8 Å². The van der Waals surface area contributed by atoms with E-state index in [4.69, 9.17) is 4.74 Å². The molecule has 0 N–H and O–H groups in total. The molecule has 1 atom stereocenters. The van der Waals surface area contributed by atoms with E-state index in [1.807, 2.05) is 38.1 Å². The lowest BCUT2D eigenvalue weighted by Gasteiger charge is -2.32. The molecule has 1 unspecified atom stereocenters. The lowest BCUT2D eigenvalue weighted by molar-refractivity contribution is 0.193. The van der Waals surface area contributed by atoms with E-state index in [2.05, 4.69) is 11.0 Å². The summed E-state index contributed by atoms with van der Waals surface area (Å²) < 4.78 is 5.44. The number of benzene rings is 1. The average molecular weight is 244 g/mol. The Bertz CT molecular complexity index is 429. The van der Waals surface area contributed by atoms with Gasteiger partial charge in [0.25, 0.3) is 0 Å². The maximum atomic E-state index is 9.55. The van der Waals surface area contributed by atoms with Crippen molar-refractivity contribution in [3.8, 4) is 11.8 Å². The van der Waals surface area contributed by atoms with Crippen LogP contribution in [0.15, 0.2) is 24.3 Å². The molecule has 3 heteroatoms. The standard InChI is InChI=1S/C15H20N2O/c1-3-18-14-8-6-13(7-9-14)15(2,12-16)17-10-4-5-11-17/h6-9H,3-5,10-11H2,1-2H3. The third-order valence-electron chi connectivity index (χ3n) is 3.68. The maximum absolute atomic E-state index is 9.55. The van der Waals surface area contributed by atoms with Crippen LogP contribution < -0.4 is 4.74 Å². The molecule has 0 aromatic heterocycles. The minimum absolute atomic E-state index is 0.513. The van der Waals surface area contributed by atoms with E-state index in [-0.39, 0.29) is 0 Å². The van der Waals surface area contributed by atoms with Crippen LogP contribution in [0.4, 0.5) is 0 Å². The van der Waals surface area contributed by atoms with Gasteiger partial charge in [0, 0.05) is 0 Å². The first kappa shape index (κ1) is 12.9. The number of likely N-dealkylation sites (tertiary alicyclic amines) is 1. The Balaban J connectivity index is 2.24. The molecule has 0 saturated carbocycles. The number of rotatable bonds is 4. The summed E-state index contributed by atoms with van der Waals surface area (Å²) in [6.45, 7) is 6.67. The maximum Gasteiger partial charge on any atom is 0.131 e. The van der Waals surface area contributed by atoms with Crippen LogP contribution in [-0.2, 0) is 5.54 Å². The second kappa shape index (κ2) is 5.41. The molecule has 0 aliphatic carbocycles. The topological polar surface area (TPSA) is 36.3 Å². The first-order valence-corrected chi connectivity index (χ1v) is 6.60. The summed E-state index contributed by atoms with van der Waals surface area (Å²) in [4.78, 5) is 2.27. The first-order chi connectivity index (χ1) is 8.70. The van der Waals surface area contributed by atoms with Crippen LogP contribution in [-0.4, -0.2) is 24.6 Å². The quantitative estimate of drug-likeness (QED) is 0.817. The fourth-order valence-electron chi connectivity index (χ4n) is 2.52. The minimum atomic E-state index is -0.513. The molecule has 3 nitrogen and oxygen atoms in total. The van der Waals surface area contributed by atoms with E-state index in [9.17, 15) is 5.26 Å². The van der Waals surface area contributed by atoms with Crippen LogP contribution in [0.2, 0.25) is 0 Å². The van der Waals surface area contributed by atoms with Crippen molar-refractivity contribution in [2.75, 3.05) is 19.7 Å². The van der Waals surface area contributed by atoms with Gasteiger partial charge in [0.15, 0.2) is 0 Å². The molecule has 0 bridgehead atoms. The van der Waals surface area contributed by atoms with Gasteiger partial charge >= 0.3 is 0 Å². The summed E-state index contributed by atoms with van der Waals surface area (Å²) in [5.74, 6) is 0.864. The van der Waals surface area contributed by atoms with Crippen molar-refractivity contribution in [2.45, 2.75) is 32.2 Å². The molecule has 1 saturated heterocycles. The van der Waals surface area contributed by atoms with E-state index < -0.39 is 5.54 Å². The van der Waals surface area contributed by atoms with Gasteiger partial charge in [-0.05, 0) is 57.5 Å². The van der Waals surface area contributed by atoms with Crippen molar-refractivity contribution < 1.29 is 4.74 Å². The number of ether oxygens (including phenoxy) is 1. The van der Waals surface area contributed by atoms with Crippen molar-refractivity contribution >= 4 is 0 Å². The van der Waals surface area contributed by atoms with Gasteiger partial charge in [0.2, 0.25) is 0 Å². The van der Waals surface area contributed by atoms with Crippen LogP contribution in [0.3, 0.4) is 0 Å². The summed E-state index contributed by atoms with van der Waals surface area (Å²) in [7, 11) is 0. The van der Waals surface area contributed by atoms with Crippen molar-refractivity contribution in [1.82, 2.24) is 4.90 Å². The number of hydrogen-bond donors (Lipinski definition) is 0. The fraction of sp³-hybridized carbons (Fsp3) is 0.533. The second-order valence-corrected chi connectivity index (χ2v) is 4.84. The number of nitrogens with zero attached hydrogens (tertiary/aromatic N) is 2. The van der Waals surface area contributed by atoms with Crippen LogP contribution >= 0.6 is 0 Å². The second-order valence-electron chi connectivity index (χ2n) is 4.84. The van der Waals surface area contributed by atoms with Crippen LogP contribution in [0, 0.1) is 11.3 Å². The number of hydrogen-bond acceptors (Lipinski definition) is 3. The lowest BCUT2D eigenvalue weighted by atomic mass is 9.92. The third kappa shape index (κ3) is 2.34. The predicted octanol–water partition coefficient (Wildman–Crippen LogP) is 2.92. The van der Waals surface area contributed by atoms with E-state index >= 15 is 0 Å². The van der Waals surface area contributed by atoms with Crippen molar-refractivity contribution in [3.63, 3.8) is 0 Å². The monoisotopic (exact) mass is 244 g/mol. The van der Waals surface area contributed by atoms with Crippen LogP contribution in [0.25, 0.3) is 0 Å². The average Bonchev–Trinajstić information content (AvgIpc) is 2.93.